The Morgan fingerprint density at radius 1 is 0.744 bits per heavy atom. The molecule has 11 nitrogen and oxygen atoms in total. The Hall–Kier alpha value is -3.22. The van der Waals surface area contributed by atoms with Gasteiger partial charge < -0.3 is 44.2 Å². The summed E-state index contributed by atoms with van der Waals surface area (Å²) in [6.45, 7) is 1.73. The fourth-order valence-electron chi connectivity index (χ4n) is 6.46. The van der Waals surface area contributed by atoms with Crippen LogP contribution in [0.25, 0.3) is 0 Å². The Morgan fingerprint density at radius 2 is 1.26 bits per heavy atom. The molecule has 0 aliphatic carbocycles. The van der Waals surface area contributed by atoms with Gasteiger partial charge in [0.25, 0.3) is 0 Å². The number of alkyl carbamates (subject to hydrolysis) is 2. The van der Waals surface area contributed by atoms with E-state index in [0.29, 0.717) is 32.7 Å². The molecule has 4 aliphatic heterocycles. The zero-order valence-corrected chi connectivity index (χ0v) is 24.0. The third kappa shape index (κ3) is 7.66. The van der Waals surface area contributed by atoms with Crippen LogP contribution in [-0.4, -0.2) is 86.7 Å². The zero-order chi connectivity index (χ0) is 29.6. The monoisotopic (exact) mass is 596 g/mol. The summed E-state index contributed by atoms with van der Waals surface area (Å²) in [4.78, 5) is 26.1. The quantitative estimate of drug-likeness (QED) is 0.358. The van der Waals surface area contributed by atoms with Crippen molar-refractivity contribution in [2.45, 2.75) is 75.1 Å². The van der Waals surface area contributed by atoms with Crippen molar-refractivity contribution in [3.63, 3.8) is 0 Å². The molecule has 9 atom stereocenters. The van der Waals surface area contributed by atoms with Gasteiger partial charge in [0.1, 0.15) is 12.2 Å². The summed E-state index contributed by atoms with van der Waals surface area (Å²) < 4.78 is 33.8. The summed E-state index contributed by atoms with van der Waals surface area (Å²) in [6.07, 6.45) is -1.11. The van der Waals surface area contributed by atoms with Crippen molar-refractivity contribution in [2.24, 2.45) is 11.8 Å². The van der Waals surface area contributed by atoms with E-state index in [4.69, 9.17) is 28.4 Å². The highest BCUT2D eigenvalue weighted by molar-refractivity contribution is 5.68. The van der Waals surface area contributed by atoms with Crippen LogP contribution in [0.1, 0.15) is 30.4 Å². The highest BCUT2D eigenvalue weighted by atomic mass is 16.7. The normalized spacial score (nSPS) is 29.7. The second-order valence-corrected chi connectivity index (χ2v) is 11.7. The van der Waals surface area contributed by atoms with Crippen LogP contribution in [0, 0.1) is 11.8 Å². The van der Waals surface area contributed by atoms with E-state index in [9.17, 15) is 14.7 Å². The van der Waals surface area contributed by atoms with E-state index in [1.165, 1.54) is 0 Å². The number of aliphatic hydroxyl groups is 1. The lowest BCUT2D eigenvalue weighted by atomic mass is 9.94. The smallest absolute Gasteiger partial charge is 0.407 e. The van der Waals surface area contributed by atoms with Gasteiger partial charge in [0, 0.05) is 6.04 Å². The average molecular weight is 597 g/mol. The molecule has 2 amide bonds. The van der Waals surface area contributed by atoms with Crippen molar-refractivity contribution in [1.82, 2.24) is 10.6 Å². The number of hydrogen-bond donors (Lipinski definition) is 3. The van der Waals surface area contributed by atoms with Gasteiger partial charge in [-0.05, 0) is 43.2 Å². The summed E-state index contributed by atoms with van der Waals surface area (Å²) >= 11 is 0. The minimum Gasteiger partial charge on any atom is -0.443 e. The molecule has 0 spiro atoms. The number of fused-ring (bicyclic) bond motifs is 2. The molecule has 0 bridgehead atoms. The molecule has 6 rings (SSSR count). The summed E-state index contributed by atoms with van der Waals surface area (Å²) in [5, 5.41) is 17.4. The standard InChI is InChI=1S/C32H40N2O9/c35-26(25(16-21-9-5-2-6-10-21)34-32(37)43-28-19-41-30-24(28)12-14-39-30)17-22(15-20-7-3-1-4-8-20)33-31(36)42-27-18-40-29-23(27)11-13-38-29/h1-10,22-30,35H,11-19H2,(H,33,36)(H,34,37)/t22-,23?,24?,25-,26-,27+,28-,29?,30?/m0/s1. The highest BCUT2D eigenvalue weighted by Gasteiger charge is 2.45. The van der Waals surface area contributed by atoms with Crippen molar-refractivity contribution >= 4 is 12.2 Å². The molecule has 0 saturated carbocycles. The molecule has 232 valence electrons. The molecule has 4 aliphatic rings. The summed E-state index contributed by atoms with van der Waals surface area (Å²) in [5.74, 6) is 0.0239. The molecular formula is C32H40N2O9. The van der Waals surface area contributed by atoms with E-state index in [1.54, 1.807) is 0 Å². The van der Waals surface area contributed by atoms with Gasteiger partial charge >= 0.3 is 12.2 Å². The van der Waals surface area contributed by atoms with E-state index in [-0.39, 0.29) is 43.5 Å². The number of amides is 2. The maximum atomic E-state index is 13.1. The number of hydrogen-bond acceptors (Lipinski definition) is 9. The van der Waals surface area contributed by atoms with Crippen LogP contribution < -0.4 is 10.6 Å². The minimum absolute atomic E-state index is 0.00468. The number of ether oxygens (including phenoxy) is 6. The number of aliphatic hydroxyl groups excluding tert-OH is 1. The fraction of sp³-hybridized carbons (Fsp3) is 0.562. The first-order valence-corrected chi connectivity index (χ1v) is 15.2. The van der Waals surface area contributed by atoms with E-state index < -0.39 is 36.5 Å². The lowest BCUT2D eigenvalue weighted by Gasteiger charge is -2.29. The van der Waals surface area contributed by atoms with Crippen LogP contribution >= 0.6 is 0 Å². The summed E-state index contributed by atoms with van der Waals surface area (Å²) in [6, 6.07) is 18.2. The van der Waals surface area contributed by atoms with Gasteiger partial charge in [0.2, 0.25) is 0 Å². The highest BCUT2D eigenvalue weighted by Crippen LogP contribution is 2.34. The van der Waals surface area contributed by atoms with Gasteiger partial charge in [0.15, 0.2) is 12.6 Å². The average Bonchev–Trinajstić information content (AvgIpc) is 3.79. The van der Waals surface area contributed by atoms with Crippen LogP contribution in [-0.2, 0) is 41.3 Å². The molecule has 4 unspecified atom stereocenters. The molecule has 4 saturated heterocycles. The third-order valence-electron chi connectivity index (χ3n) is 8.73. The largest absolute Gasteiger partial charge is 0.443 e. The van der Waals surface area contributed by atoms with Crippen LogP contribution in [0.5, 0.6) is 0 Å². The number of nitrogens with one attached hydrogen (secondary N) is 2. The number of benzene rings is 2. The third-order valence-corrected chi connectivity index (χ3v) is 8.73. The fourth-order valence-corrected chi connectivity index (χ4v) is 6.46. The Bertz CT molecular complexity index is 1200. The minimum atomic E-state index is -1.01. The Kier molecular flexibility index (Phi) is 9.74. The van der Waals surface area contributed by atoms with Gasteiger partial charge in [-0.2, -0.15) is 0 Å². The van der Waals surface area contributed by atoms with Gasteiger partial charge in [-0.15, -0.1) is 0 Å². The van der Waals surface area contributed by atoms with E-state index >= 15 is 0 Å². The molecule has 4 fully saturated rings. The van der Waals surface area contributed by atoms with E-state index in [1.807, 2.05) is 60.7 Å². The maximum absolute atomic E-state index is 13.1. The van der Waals surface area contributed by atoms with Crippen molar-refractivity contribution < 1.29 is 43.1 Å². The first-order chi connectivity index (χ1) is 21.0. The van der Waals surface area contributed by atoms with Gasteiger partial charge in [-0.1, -0.05) is 60.7 Å². The Morgan fingerprint density at radius 3 is 1.81 bits per heavy atom. The molecular weight excluding hydrogens is 556 g/mol. The second kappa shape index (κ2) is 14.0. The molecule has 4 heterocycles. The molecule has 2 aromatic carbocycles. The van der Waals surface area contributed by atoms with Crippen molar-refractivity contribution in [1.29, 1.82) is 0 Å². The molecule has 43 heavy (non-hydrogen) atoms. The van der Waals surface area contributed by atoms with Gasteiger partial charge in [-0.3, -0.25) is 0 Å². The van der Waals surface area contributed by atoms with Crippen molar-refractivity contribution in [2.75, 3.05) is 26.4 Å². The van der Waals surface area contributed by atoms with Crippen molar-refractivity contribution in [3.05, 3.63) is 71.8 Å². The zero-order valence-electron chi connectivity index (χ0n) is 24.0. The van der Waals surface area contributed by atoms with Crippen LogP contribution in [0.15, 0.2) is 60.7 Å². The van der Waals surface area contributed by atoms with Crippen LogP contribution in [0.4, 0.5) is 9.59 Å². The SMILES string of the molecule is O=C(N[C@@H](Cc1ccccc1)[C@@H](O)C[C@H](Cc1ccccc1)NC(=O)O[C@@H]1COC2OCCC21)O[C@H]1COC2OCCC21. The first kappa shape index (κ1) is 29.8. The first-order valence-electron chi connectivity index (χ1n) is 15.2. The molecule has 3 N–H and O–H groups in total. The second-order valence-electron chi connectivity index (χ2n) is 11.7. The summed E-state index contributed by atoms with van der Waals surface area (Å²) in [5.41, 5.74) is 1.94. The maximum Gasteiger partial charge on any atom is 0.407 e. The van der Waals surface area contributed by atoms with Crippen LogP contribution in [0.3, 0.4) is 0 Å². The number of carbonyl (C=O) groups excluding carboxylic acids is 2. The van der Waals surface area contributed by atoms with Crippen molar-refractivity contribution in [3.8, 4) is 0 Å². The summed E-state index contributed by atoms with van der Waals surface area (Å²) in [7, 11) is 0. The van der Waals surface area contributed by atoms with E-state index in [0.717, 1.165) is 24.0 Å². The Balaban J connectivity index is 1.12. The predicted octanol–water partition coefficient (Wildman–Crippen LogP) is 2.94. The molecule has 11 heteroatoms. The lowest BCUT2D eigenvalue weighted by molar-refractivity contribution is -0.0909. The lowest BCUT2D eigenvalue weighted by Crippen LogP contribution is -2.50. The molecule has 0 radical (unpaired) electrons. The van der Waals surface area contributed by atoms with Gasteiger partial charge in [0.05, 0.1) is 50.4 Å². The molecule has 0 aromatic heterocycles. The van der Waals surface area contributed by atoms with Gasteiger partial charge in [-0.25, -0.2) is 9.59 Å². The number of rotatable bonds is 11. The van der Waals surface area contributed by atoms with E-state index in [2.05, 4.69) is 10.6 Å². The van der Waals surface area contributed by atoms with Crippen LogP contribution in [0.2, 0.25) is 0 Å². The number of carbonyl (C=O) groups is 2. The predicted molar refractivity (Wildman–Crippen MR) is 153 cm³/mol. The Labute approximate surface area is 251 Å². The molecule has 2 aromatic rings. The topological polar surface area (TPSA) is 134 Å².